The van der Waals surface area contributed by atoms with Crippen molar-refractivity contribution in [2.45, 2.75) is 50.4 Å². The Morgan fingerprint density at radius 2 is 1.03 bits per heavy atom. The van der Waals surface area contributed by atoms with Crippen LogP contribution in [0.4, 0.5) is 17.1 Å². The molecule has 2 bridgehead atoms. The molecule has 1 heteroatoms. The van der Waals surface area contributed by atoms with E-state index in [1.54, 1.807) is 11.1 Å². The Bertz CT molecular complexity index is 3240. The lowest BCUT2D eigenvalue weighted by molar-refractivity contribution is 0.327. The van der Waals surface area contributed by atoms with E-state index in [1.165, 1.54) is 114 Å². The maximum absolute atomic E-state index is 2.58. The van der Waals surface area contributed by atoms with Crippen LogP contribution in [-0.4, -0.2) is 0 Å². The number of fused-ring (bicyclic) bond motifs is 14. The largest absolute Gasteiger partial charge is 0.310 e. The van der Waals surface area contributed by atoms with Gasteiger partial charge in [0.25, 0.3) is 0 Å². The van der Waals surface area contributed by atoms with Crippen molar-refractivity contribution in [2.75, 3.05) is 4.90 Å². The highest BCUT2D eigenvalue weighted by atomic mass is 15.1. The Morgan fingerprint density at radius 1 is 0.426 bits per heavy atom. The summed E-state index contributed by atoms with van der Waals surface area (Å²) < 4.78 is 0. The van der Waals surface area contributed by atoms with Crippen LogP contribution < -0.4 is 4.90 Å². The molecule has 3 unspecified atom stereocenters. The highest BCUT2D eigenvalue weighted by Gasteiger charge is 2.56. The number of rotatable bonds is 5. The van der Waals surface area contributed by atoms with E-state index >= 15 is 0 Å². The van der Waals surface area contributed by atoms with Gasteiger partial charge in [-0.3, -0.25) is 0 Å². The van der Waals surface area contributed by atoms with Crippen LogP contribution in [0.2, 0.25) is 0 Å². The van der Waals surface area contributed by atoms with Gasteiger partial charge in [-0.15, -0.1) is 0 Å². The van der Waals surface area contributed by atoms with Gasteiger partial charge in [0.2, 0.25) is 0 Å². The lowest BCUT2D eigenvalue weighted by Gasteiger charge is -2.37. The van der Waals surface area contributed by atoms with Gasteiger partial charge in [0.1, 0.15) is 0 Å². The zero-order valence-electron chi connectivity index (χ0n) is 34.8. The minimum atomic E-state index is -0.0779. The normalized spacial score (nSPS) is 19.9. The van der Waals surface area contributed by atoms with Crippen molar-refractivity contribution in [3.8, 4) is 44.5 Å². The first kappa shape index (κ1) is 35.1. The summed E-state index contributed by atoms with van der Waals surface area (Å²) in [7, 11) is 0. The monoisotopic (exact) mass is 781 g/mol. The molecule has 1 nitrogen and oxygen atoms in total. The van der Waals surface area contributed by atoms with E-state index in [4.69, 9.17) is 0 Å². The fourth-order valence-electron chi connectivity index (χ4n) is 12.8. The third kappa shape index (κ3) is 5.01. The highest BCUT2D eigenvalue weighted by molar-refractivity contribution is 6.08. The number of anilines is 3. The molecular formula is C60H47N. The Kier molecular flexibility index (Phi) is 7.42. The molecule has 9 aromatic rings. The van der Waals surface area contributed by atoms with E-state index in [9.17, 15) is 0 Å². The fraction of sp³-hybridized carbons (Fsp3) is 0.167. The fourth-order valence-corrected chi connectivity index (χ4v) is 12.8. The molecule has 0 aromatic heterocycles. The quantitative estimate of drug-likeness (QED) is 0.157. The molecule has 0 aliphatic heterocycles. The molecule has 0 N–H and O–H groups in total. The van der Waals surface area contributed by atoms with Crippen LogP contribution in [0.3, 0.4) is 0 Å². The number of benzene rings is 9. The van der Waals surface area contributed by atoms with Gasteiger partial charge in [0.15, 0.2) is 0 Å². The van der Waals surface area contributed by atoms with Crippen LogP contribution >= 0.6 is 0 Å². The molecule has 9 aromatic carbocycles. The van der Waals surface area contributed by atoms with Gasteiger partial charge in [-0.2, -0.15) is 0 Å². The van der Waals surface area contributed by atoms with Crippen LogP contribution in [0.25, 0.3) is 66.1 Å². The van der Waals surface area contributed by atoms with Gasteiger partial charge in [-0.25, -0.2) is 0 Å². The third-order valence-electron chi connectivity index (χ3n) is 15.5. The van der Waals surface area contributed by atoms with E-state index in [-0.39, 0.29) is 10.8 Å². The SMILES string of the molecule is CC1(C)c2ccccc2-c2cccc(-c3ccc(N(c4ccc(-c5ccc6c(ccc7ccccc76)c5)cc4)c4ccc5c(c4)C4(CC6CCC4C6)c4ccccc4-5)cc3)c21. The third-order valence-corrected chi connectivity index (χ3v) is 15.5. The Labute approximate surface area is 359 Å². The van der Waals surface area contributed by atoms with Gasteiger partial charge in [0.05, 0.1) is 0 Å². The zero-order chi connectivity index (χ0) is 40.5. The summed E-state index contributed by atoms with van der Waals surface area (Å²) >= 11 is 0. The molecule has 2 saturated carbocycles. The predicted molar refractivity (Wildman–Crippen MR) is 256 cm³/mol. The lowest BCUT2D eigenvalue weighted by Crippen LogP contribution is -2.32. The van der Waals surface area contributed by atoms with Crippen molar-refractivity contribution < 1.29 is 0 Å². The molecule has 13 rings (SSSR count). The summed E-state index contributed by atoms with van der Waals surface area (Å²) in [5.74, 6) is 1.54. The second-order valence-electron chi connectivity index (χ2n) is 18.9. The molecule has 0 amide bonds. The molecule has 1 spiro atoms. The summed E-state index contributed by atoms with van der Waals surface area (Å²) in [5.41, 5.74) is 20.2. The first-order chi connectivity index (χ1) is 30.0. The summed E-state index contributed by atoms with van der Waals surface area (Å²) in [6.45, 7) is 4.77. The van der Waals surface area contributed by atoms with E-state index in [0.29, 0.717) is 5.92 Å². The number of hydrogen-bond acceptors (Lipinski definition) is 1. The van der Waals surface area contributed by atoms with Crippen LogP contribution in [0, 0.1) is 11.8 Å². The standard InChI is InChI=1S/C60H47N/c1-59(2)55-16-7-5-13-52(55)54-15-9-14-50(58(54)59)41-23-29-46(30-24-41)61(45-27-21-39(22-28-45)42-25-32-49-43(35-42)20-19-40-10-3-4-11-48(40)49)47-31-33-53-51-12-6-8-17-56(51)60(57(53)36-47)37-38-18-26-44(60)34-38/h3-17,19-25,27-33,35-36,38,44H,18,26,34,37H2,1-2H3. The van der Waals surface area contributed by atoms with Crippen LogP contribution in [0.1, 0.15) is 61.8 Å². The van der Waals surface area contributed by atoms with E-state index in [0.717, 1.165) is 11.6 Å². The smallest absolute Gasteiger partial charge is 0.0465 e. The summed E-state index contributed by atoms with van der Waals surface area (Å²) in [4.78, 5) is 2.50. The summed E-state index contributed by atoms with van der Waals surface area (Å²) in [6, 6.07) is 71.3. The number of hydrogen-bond donors (Lipinski definition) is 0. The van der Waals surface area contributed by atoms with Crippen molar-refractivity contribution in [3.05, 3.63) is 210 Å². The Balaban J connectivity index is 0.931. The molecule has 292 valence electrons. The van der Waals surface area contributed by atoms with E-state index < -0.39 is 0 Å². The first-order valence-electron chi connectivity index (χ1n) is 22.4. The van der Waals surface area contributed by atoms with Crippen LogP contribution in [0.5, 0.6) is 0 Å². The molecule has 2 fully saturated rings. The molecule has 4 aliphatic carbocycles. The minimum absolute atomic E-state index is 0.0779. The van der Waals surface area contributed by atoms with Gasteiger partial charge in [0, 0.05) is 27.9 Å². The Morgan fingerprint density at radius 3 is 1.80 bits per heavy atom. The van der Waals surface area contributed by atoms with E-state index in [1.807, 2.05) is 0 Å². The average Bonchev–Trinajstić information content (AvgIpc) is 4.06. The van der Waals surface area contributed by atoms with E-state index in [2.05, 4.69) is 207 Å². The van der Waals surface area contributed by atoms with Crippen molar-refractivity contribution in [1.82, 2.24) is 0 Å². The zero-order valence-corrected chi connectivity index (χ0v) is 34.8. The molecular weight excluding hydrogens is 735 g/mol. The molecule has 3 atom stereocenters. The van der Waals surface area contributed by atoms with Crippen molar-refractivity contribution in [2.24, 2.45) is 11.8 Å². The lowest BCUT2D eigenvalue weighted by atomic mass is 9.67. The Hall–Kier alpha value is -6.70. The predicted octanol–water partition coefficient (Wildman–Crippen LogP) is 16.2. The molecule has 4 aliphatic rings. The van der Waals surface area contributed by atoms with Gasteiger partial charge in [-0.1, -0.05) is 166 Å². The topological polar surface area (TPSA) is 3.24 Å². The molecule has 0 saturated heterocycles. The van der Waals surface area contributed by atoms with Gasteiger partial charge >= 0.3 is 0 Å². The van der Waals surface area contributed by atoms with Crippen molar-refractivity contribution in [3.63, 3.8) is 0 Å². The molecule has 61 heavy (non-hydrogen) atoms. The van der Waals surface area contributed by atoms with Crippen molar-refractivity contribution in [1.29, 1.82) is 0 Å². The maximum Gasteiger partial charge on any atom is 0.0465 e. The van der Waals surface area contributed by atoms with Crippen LogP contribution in [0.15, 0.2) is 188 Å². The first-order valence-corrected chi connectivity index (χ1v) is 22.4. The second-order valence-corrected chi connectivity index (χ2v) is 18.9. The van der Waals surface area contributed by atoms with Crippen molar-refractivity contribution >= 4 is 38.6 Å². The highest BCUT2D eigenvalue weighted by Crippen LogP contribution is 2.66. The number of nitrogens with zero attached hydrogens (tertiary/aromatic N) is 1. The summed E-state index contributed by atoms with van der Waals surface area (Å²) in [6.07, 6.45) is 5.36. The molecule has 0 radical (unpaired) electrons. The maximum atomic E-state index is 2.58. The summed E-state index contributed by atoms with van der Waals surface area (Å²) in [5, 5.41) is 5.16. The van der Waals surface area contributed by atoms with Crippen LogP contribution in [-0.2, 0) is 10.8 Å². The van der Waals surface area contributed by atoms with Gasteiger partial charge in [-0.05, 0) is 162 Å². The second kappa shape index (κ2) is 12.9. The average molecular weight is 782 g/mol. The van der Waals surface area contributed by atoms with Gasteiger partial charge < -0.3 is 4.90 Å². The molecule has 0 heterocycles. The minimum Gasteiger partial charge on any atom is -0.310 e.